The maximum Gasteiger partial charge on any atom is 0.305 e. The summed E-state index contributed by atoms with van der Waals surface area (Å²) in [5.74, 6) is -1.32. The van der Waals surface area contributed by atoms with Gasteiger partial charge in [-0.05, 0) is 5.56 Å². The first-order chi connectivity index (χ1) is 10.8. The third-order valence-electron chi connectivity index (χ3n) is 3.26. The zero-order valence-corrected chi connectivity index (χ0v) is 14.2. The van der Waals surface area contributed by atoms with E-state index in [9.17, 15) is 9.59 Å². The summed E-state index contributed by atoms with van der Waals surface area (Å²) < 4.78 is 0. The highest BCUT2D eigenvalue weighted by molar-refractivity contribution is 7.10. The summed E-state index contributed by atoms with van der Waals surface area (Å²) >= 11 is 1.43. The maximum atomic E-state index is 12.4. The van der Waals surface area contributed by atoms with Gasteiger partial charge in [-0.3, -0.25) is 9.59 Å². The van der Waals surface area contributed by atoms with Gasteiger partial charge in [-0.2, -0.15) is 0 Å². The molecular formula is C17H20N2O3S. The van der Waals surface area contributed by atoms with Crippen molar-refractivity contribution in [3.8, 4) is 0 Å². The normalized spacial score (nSPS) is 12.7. The fraction of sp³-hybridized carbons (Fsp3) is 0.353. The Hall–Kier alpha value is -2.21. The number of thiazole rings is 1. The topological polar surface area (TPSA) is 79.3 Å². The lowest BCUT2D eigenvalue weighted by molar-refractivity contribution is -0.137. The molecule has 6 heteroatoms. The van der Waals surface area contributed by atoms with Crippen LogP contribution in [-0.4, -0.2) is 22.0 Å². The van der Waals surface area contributed by atoms with Gasteiger partial charge in [-0.25, -0.2) is 4.98 Å². The standard InChI is InChI=1S/C17H20N2O3S/c1-17(2,3)16-19-13(10-23-16)15(22)18-12(9-14(20)21)11-7-5-4-6-8-11/h4-8,10,12H,9H2,1-3H3,(H,18,22)(H,20,21). The Morgan fingerprint density at radius 3 is 2.43 bits per heavy atom. The molecule has 0 radical (unpaired) electrons. The van der Waals surface area contributed by atoms with E-state index < -0.39 is 12.0 Å². The van der Waals surface area contributed by atoms with E-state index >= 15 is 0 Å². The molecule has 1 amide bonds. The monoisotopic (exact) mass is 332 g/mol. The number of aliphatic carboxylic acids is 1. The SMILES string of the molecule is CC(C)(C)c1nc(C(=O)NC(CC(=O)O)c2ccccc2)cs1. The molecule has 0 aliphatic carbocycles. The Morgan fingerprint density at radius 2 is 1.91 bits per heavy atom. The number of hydrogen-bond acceptors (Lipinski definition) is 4. The van der Waals surface area contributed by atoms with Crippen molar-refractivity contribution < 1.29 is 14.7 Å². The van der Waals surface area contributed by atoms with Crippen LogP contribution in [0.3, 0.4) is 0 Å². The van der Waals surface area contributed by atoms with Crippen LogP contribution in [0.1, 0.15) is 54.3 Å². The molecule has 1 unspecified atom stereocenters. The van der Waals surface area contributed by atoms with Crippen molar-refractivity contribution in [3.63, 3.8) is 0 Å². The van der Waals surface area contributed by atoms with Crippen molar-refractivity contribution in [2.45, 2.75) is 38.6 Å². The van der Waals surface area contributed by atoms with E-state index in [2.05, 4.69) is 10.3 Å². The lowest BCUT2D eigenvalue weighted by Gasteiger charge is -2.17. The van der Waals surface area contributed by atoms with Gasteiger partial charge in [0, 0.05) is 10.8 Å². The number of aromatic nitrogens is 1. The molecule has 0 fully saturated rings. The van der Waals surface area contributed by atoms with Crippen molar-refractivity contribution in [2.24, 2.45) is 0 Å². The molecule has 2 rings (SSSR count). The summed E-state index contributed by atoms with van der Waals surface area (Å²) in [4.78, 5) is 27.8. The summed E-state index contributed by atoms with van der Waals surface area (Å²) in [6.07, 6.45) is -0.175. The Morgan fingerprint density at radius 1 is 1.26 bits per heavy atom. The molecule has 5 nitrogen and oxygen atoms in total. The number of nitrogens with one attached hydrogen (secondary N) is 1. The molecule has 1 heterocycles. The van der Waals surface area contributed by atoms with E-state index in [1.54, 1.807) is 17.5 Å². The number of carboxylic acid groups (broad SMARTS) is 1. The molecule has 0 spiro atoms. The number of rotatable bonds is 5. The Kier molecular flexibility index (Phi) is 5.15. The zero-order chi connectivity index (χ0) is 17.0. The van der Waals surface area contributed by atoms with E-state index in [0.717, 1.165) is 10.6 Å². The van der Waals surface area contributed by atoms with Gasteiger partial charge < -0.3 is 10.4 Å². The largest absolute Gasteiger partial charge is 0.481 e. The first-order valence-corrected chi connectivity index (χ1v) is 8.19. The second-order valence-corrected chi connectivity index (χ2v) is 7.18. The molecule has 23 heavy (non-hydrogen) atoms. The van der Waals surface area contributed by atoms with Crippen LogP contribution in [-0.2, 0) is 10.2 Å². The second kappa shape index (κ2) is 6.91. The minimum absolute atomic E-state index is 0.122. The molecule has 1 aromatic heterocycles. The molecule has 122 valence electrons. The number of nitrogens with zero attached hydrogens (tertiary/aromatic N) is 1. The van der Waals surface area contributed by atoms with Crippen LogP contribution in [0.25, 0.3) is 0 Å². The van der Waals surface area contributed by atoms with E-state index in [0.29, 0.717) is 5.69 Å². The number of carbonyl (C=O) groups is 2. The molecule has 0 aliphatic rings. The van der Waals surface area contributed by atoms with Crippen LogP contribution in [0.2, 0.25) is 0 Å². The molecule has 2 aromatic rings. The first kappa shape index (κ1) is 17.1. The minimum atomic E-state index is -0.965. The van der Waals surface area contributed by atoms with Crippen LogP contribution in [0.15, 0.2) is 35.7 Å². The second-order valence-electron chi connectivity index (χ2n) is 6.32. The molecular weight excluding hydrogens is 312 g/mol. The highest BCUT2D eigenvalue weighted by Crippen LogP contribution is 2.26. The van der Waals surface area contributed by atoms with Gasteiger partial charge in [-0.15, -0.1) is 11.3 Å². The van der Waals surface area contributed by atoms with E-state index in [1.807, 2.05) is 39.0 Å². The van der Waals surface area contributed by atoms with Gasteiger partial charge >= 0.3 is 5.97 Å². The number of hydrogen-bond donors (Lipinski definition) is 2. The Labute approximate surface area is 139 Å². The lowest BCUT2D eigenvalue weighted by Crippen LogP contribution is -2.30. The van der Waals surface area contributed by atoms with Crippen LogP contribution >= 0.6 is 11.3 Å². The van der Waals surface area contributed by atoms with E-state index in [1.165, 1.54) is 11.3 Å². The Bertz CT molecular complexity index is 689. The highest BCUT2D eigenvalue weighted by atomic mass is 32.1. The molecule has 1 aromatic carbocycles. The minimum Gasteiger partial charge on any atom is -0.481 e. The molecule has 0 bridgehead atoms. The molecule has 2 N–H and O–H groups in total. The quantitative estimate of drug-likeness (QED) is 0.879. The van der Waals surface area contributed by atoms with Gasteiger partial charge in [0.1, 0.15) is 5.69 Å². The molecule has 0 aliphatic heterocycles. The number of amides is 1. The van der Waals surface area contributed by atoms with Gasteiger partial charge in [0.25, 0.3) is 5.91 Å². The summed E-state index contributed by atoms with van der Waals surface area (Å²) in [6, 6.07) is 8.50. The molecule has 0 saturated heterocycles. The van der Waals surface area contributed by atoms with Gasteiger partial charge in [-0.1, -0.05) is 51.1 Å². The van der Waals surface area contributed by atoms with Crippen LogP contribution in [0.4, 0.5) is 0 Å². The number of carboxylic acids is 1. The smallest absolute Gasteiger partial charge is 0.305 e. The maximum absolute atomic E-state index is 12.4. The van der Waals surface area contributed by atoms with E-state index in [4.69, 9.17) is 5.11 Å². The zero-order valence-electron chi connectivity index (χ0n) is 13.4. The summed E-state index contributed by atoms with van der Waals surface area (Å²) in [5, 5.41) is 14.4. The number of benzene rings is 1. The average molecular weight is 332 g/mol. The highest BCUT2D eigenvalue weighted by Gasteiger charge is 2.23. The van der Waals surface area contributed by atoms with Crippen LogP contribution in [0, 0.1) is 0 Å². The van der Waals surface area contributed by atoms with Crippen molar-refractivity contribution in [3.05, 3.63) is 52.0 Å². The predicted molar refractivity (Wildman–Crippen MR) is 89.7 cm³/mol. The van der Waals surface area contributed by atoms with Crippen LogP contribution < -0.4 is 5.32 Å². The lowest BCUT2D eigenvalue weighted by atomic mass is 9.98. The van der Waals surface area contributed by atoms with Crippen molar-refractivity contribution in [1.29, 1.82) is 0 Å². The third kappa shape index (κ3) is 4.63. The summed E-state index contributed by atoms with van der Waals surface area (Å²) in [5.41, 5.74) is 0.962. The summed E-state index contributed by atoms with van der Waals surface area (Å²) in [7, 11) is 0. The number of carbonyl (C=O) groups excluding carboxylic acids is 1. The fourth-order valence-corrected chi connectivity index (χ4v) is 2.95. The van der Waals surface area contributed by atoms with Gasteiger partial charge in [0.15, 0.2) is 0 Å². The fourth-order valence-electron chi connectivity index (χ4n) is 2.07. The van der Waals surface area contributed by atoms with Crippen LogP contribution in [0.5, 0.6) is 0 Å². The average Bonchev–Trinajstić information content (AvgIpc) is 2.97. The van der Waals surface area contributed by atoms with Crippen molar-refractivity contribution in [2.75, 3.05) is 0 Å². The first-order valence-electron chi connectivity index (χ1n) is 7.31. The Balaban J connectivity index is 2.17. The third-order valence-corrected chi connectivity index (χ3v) is 4.53. The van der Waals surface area contributed by atoms with Crippen molar-refractivity contribution in [1.82, 2.24) is 10.3 Å². The molecule has 0 saturated carbocycles. The van der Waals surface area contributed by atoms with Crippen molar-refractivity contribution >= 4 is 23.2 Å². The molecule has 1 atom stereocenters. The van der Waals surface area contributed by atoms with Gasteiger partial charge in [0.2, 0.25) is 0 Å². The summed E-state index contributed by atoms with van der Waals surface area (Å²) in [6.45, 7) is 6.10. The predicted octanol–water partition coefficient (Wildman–Crippen LogP) is 3.39. The van der Waals surface area contributed by atoms with E-state index in [-0.39, 0.29) is 17.7 Å². The van der Waals surface area contributed by atoms with Gasteiger partial charge in [0.05, 0.1) is 17.5 Å².